The minimum atomic E-state index is -0.245. The number of amides is 1. The number of methoxy groups -OCH3 is 1. The molecule has 0 unspecified atom stereocenters. The van der Waals surface area contributed by atoms with Crippen molar-refractivity contribution in [1.29, 1.82) is 0 Å². The Morgan fingerprint density at radius 2 is 1.79 bits per heavy atom. The molecule has 0 aliphatic heterocycles. The van der Waals surface area contributed by atoms with Crippen LogP contribution in [-0.2, 0) is 0 Å². The molecule has 28 heavy (non-hydrogen) atoms. The minimum Gasteiger partial charge on any atom is -0.497 e. The fourth-order valence-corrected chi connectivity index (χ4v) is 2.62. The van der Waals surface area contributed by atoms with Gasteiger partial charge in [0.05, 0.1) is 13.7 Å². The maximum absolute atomic E-state index is 12.4. The molecule has 2 aromatic heterocycles. The van der Waals surface area contributed by atoms with E-state index in [1.165, 1.54) is 0 Å². The number of hydrogen-bond acceptors (Lipinski definition) is 6. The fraction of sp³-hybridized carbons (Fsp3) is 0.286. The number of fused-ring (bicyclic) bond motifs is 1. The van der Waals surface area contributed by atoms with Gasteiger partial charge in [0.1, 0.15) is 11.6 Å². The highest BCUT2D eigenvalue weighted by Gasteiger charge is 2.09. The van der Waals surface area contributed by atoms with Crippen LogP contribution in [0.2, 0.25) is 0 Å². The van der Waals surface area contributed by atoms with Crippen molar-refractivity contribution in [1.82, 2.24) is 14.9 Å². The number of hydrogen-bond donors (Lipinski definition) is 1. The summed E-state index contributed by atoms with van der Waals surface area (Å²) < 4.78 is 10.8. The van der Waals surface area contributed by atoms with Gasteiger partial charge in [0.15, 0.2) is 5.65 Å². The van der Waals surface area contributed by atoms with Crippen molar-refractivity contribution in [3.8, 4) is 11.6 Å². The van der Waals surface area contributed by atoms with Crippen LogP contribution in [-0.4, -0.2) is 55.1 Å². The molecule has 0 saturated heterocycles. The molecular formula is C21H24N4O3. The van der Waals surface area contributed by atoms with Gasteiger partial charge >= 0.3 is 0 Å². The molecule has 0 fully saturated rings. The Morgan fingerprint density at radius 1 is 1.04 bits per heavy atom. The molecular weight excluding hydrogens is 356 g/mol. The zero-order valence-corrected chi connectivity index (χ0v) is 16.3. The van der Waals surface area contributed by atoms with E-state index in [9.17, 15) is 4.79 Å². The number of anilines is 1. The van der Waals surface area contributed by atoms with Crippen LogP contribution in [0.15, 0.2) is 48.5 Å². The Balaban J connectivity index is 1.68. The molecule has 1 N–H and O–H groups in total. The lowest BCUT2D eigenvalue weighted by molar-refractivity contribution is 0.102. The Morgan fingerprint density at radius 3 is 2.50 bits per heavy atom. The molecule has 7 nitrogen and oxygen atoms in total. The summed E-state index contributed by atoms with van der Waals surface area (Å²) in [4.78, 5) is 23.4. The number of carbonyl (C=O) groups is 1. The second-order valence-electron chi connectivity index (χ2n) is 6.58. The summed E-state index contributed by atoms with van der Waals surface area (Å²) >= 11 is 0. The summed E-state index contributed by atoms with van der Waals surface area (Å²) in [5, 5.41) is 3.67. The van der Waals surface area contributed by atoms with Gasteiger partial charge in [-0.05, 0) is 63.0 Å². The molecule has 3 aromatic rings. The Labute approximate surface area is 164 Å². The van der Waals surface area contributed by atoms with E-state index in [4.69, 9.17) is 9.47 Å². The molecule has 0 saturated carbocycles. The largest absolute Gasteiger partial charge is 0.497 e. The van der Waals surface area contributed by atoms with Crippen LogP contribution in [0, 0.1) is 0 Å². The van der Waals surface area contributed by atoms with E-state index in [0.717, 1.165) is 18.4 Å². The first-order chi connectivity index (χ1) is 13.5. The van der Waals surface area contributed by atoms with Gasteiger partial charge in [0, 0.05) is 23.6 Å². The van der Waals surface area contributed by atoms with Gasteiger partial charge in [0.25, 0.3) is 5.91 Å². The summed E-state index contributed by atoms with van der Waals surface area (Å²) in [6, 6.07) is 14.2. The van der Waals surface area contributed by atoms with Gasteiger partial charge in [-0.25, -0.2) is 4.98 Å². The van der Waals surface area contributed by atoms with Gasteiger partial charge in [0.2, 0.25) is 5.88 Å². The summed E-state index contributed by atoms with van der Waals surface area (Å²) in [6.45, 7) is 1.54. The Hall–Kier alpha value is -3.19. The summed E-state index contributed by atoms with van der Waals surface area (Å²) in [7, 11) is 5.64. The van der Waals surface area contributed by atoms with E-state index >= 15 is 0 Å². The van der Waals surface area contributed by atoms with Crippen LogP contribution in [0.25, 0.3) is 11.0 Å². The third-order valence-electron chi connectivity index (χ3n) is 4.12. The van der Waals surface area contributed by atoms with Gasteiger partial charge in [-0.1, -0.05) is 0 Å². The molecule has 0 atom stereocenters. The lowest BCUT2D eigenvalue weighted by atomic mass is 10.2. The summed E-state index contributed by atoms with van der Waals surface area (Å²) in [5.74, 6) is 1.41. The van der Waals surface area contributed by atoms with Gasteiger partial charge in [-0.2, -0.15) is 4.98 Å². The highest BCUT2D eigenvalue weighted by molar-refractivity contribution is 6.04. The number of pyridine rings is 2. The predicted octanol–water partition coefficient (Wildman–Crippen LogP) is 3.22. The number of aromatic nitrogens is 2. The molecule has 1 aromatic carbocycles. The van der Waals surface area contributed by atoms with E-state index in [1.807, 2.05) is 32.3 Å². The van der Waals surface area contributed by atoms with Crippen molar-refractivity contribution < 1.29 is 14.3 Å². The normalized spacial score (nSPS) is 10.9. The molecule has 0 bridgehead atoms. The van der Waals surface area contributed by atoms with E-state index < -0.39 is 0 Å². The van der Waals surface area contributed by atoms with E-state index in [0.29, 0.717) is 35.3 Å². The number of rotatable bonds is 8. The number of benzene rings is 1. The second kappa shape index (κ2) is 9.14. The lowest BCUT2D eigenvalue weighted by Gasteiger charge is -2.10. The zero-order valence-electron chi connectivity index (χ0n) is 16.3. The van der Waals surface area contributed by atoms with E-state index in [1.54, 1.807) is 37.4 Å². The van der Waals surface area contributed by atoms with Crippen molar-refractivity contribution in [2.24, 2.45) is 0 Å². The number of nitrogens with one attached hydrogen (secondary N) is 1. The average Bonchev–Trinajstić information content (AvgIpc) is 2.71. The smallest absolute Gasteiger partial charge is 0.256 e. The molecule has 0 spiro atoms. The first-order valence-electron chi connectivity index (χ1n) is 9.06. The quantitative estimate of drug-likeness (QED) is 0.605. The van der Waals surface area contributed by atoms with Crippen LogP contribution in [0.3, 0.4) is 0 Å². The van der Waals surface area contributed by atoms with Gasteiger partial charge in [-0.3, -0.25) is 4.79 Å². The van der Waals surface area contributed by atoms with Crippen LogP contribution in [0.5, 0.6) is 11.6 Å². The number of ether oxygens (including phenoxy) is 2. The second-order valence-corrected chi connectivity index (χ2v) is 6.58. The molecule has 1 amide bonds. The first kappa shape index (κ1) is 19.6. The van der Waals surface area contributed by atoms with Crippen molar-refractivity contribution in [3.05, 3.63) is 54.1 Å². The molecule has 0 aliphatic carbocycles. The van der Waals surface area contributed by atoms with Gasteiger partial charge < -0.3 is 19.7 Å². The van der Waals surface area contributed by atoms with Crippen molar-refractivity contribution in [2.75, 3.05) is 39.7 Å². The molecule has 0 aliphatic rings. The average molecular weight is 380 g/mol. The molecule has 2 heterocycles. The summed E-state index contributed by atoms with van der Waals surface area (Å²) in [5.41, 5.74) is 1.05. The van der Waals surface area contributed by atoms with Crippen LogP contribution in [0.1, 0.15) is 16.8 Å². The van der Waals surface area contributed by atoms with Crippen molar-refractivity contribution in [2.45, 2.75) is 6.42 Å². The number of carbonyl (C=O) groups excluding carboxylic acids is 1. The third kappa shape index (κ3) is 5.17. The molecule has 0 radical (unpaired) electrons. The number of nitrogens with zero attached hydrogens (tertiary/aromatic N) is 3. The van der Waals surface area contributed by atoms with E-state index in [-0.39, 0.29) is 5.91 Å². The van der Waals surface area contributed by atoms with Crippen molar-refractivity contribution in [3.63, 3.8) is 0 Å². The standard InChI is InChI=1S/C21H24N4O3/c1-25(2)13-4-14-28-19-12-8-15-7-11-18(22-20(15)24-19)23-21(26)16-5-9-17(27-3)10-6-16/h5-12H,4,13-14H2,1-3H3,(H,22,23,24,26). The Kier molecular flexibility index (Phi) is 6.39. The maximum Gasteiger partial charge on any atom is 0.256 e. The third-order valence-corrected chi connectivity index (χ3v) is 4.12. The SMILES string of the molecule is COc1ccc(C(=O)Nc2ccc3ccc(OCCCN(C)C)nc3n2)cc1. The molecule has 3 rings (SSSR count). The topological polar surface area (TPSA) is 76.6 Å². The van der Waals surface area contributed by atoms with Crippen LogP contribution >= 0.6 is 0 Å². The monoisotopic (exact) mass is 380 g/mol. The highest BCUT2D eigenvalue weighted by Crippen LogP contribution is 2.18. The Bertz CT molecular complexity index is 942. The first-order valence-corrected chi connectivity index (χ1v) is 9.06. The van der Waals surface area contributed by atoms with Crippen LogP contribution in [0.4, 0.5) is 5.82 Å². The maximum atomic E-state index is 12.4. The van der Waals surface area contributed by atoms with Gasteiger partial charge in [-0.15, -0.1) is 0 Å². The minimum absolute atomic E-state index is 0.245. The molecule has 7 heteroatoms. The predicted molar refractivity (Wildman–Crippen MR) is 109 cm³/mol. The van der Waals surface area contributed by atoms with E-state index in [2.05, 4.69) is 20.2 Å². The van der Waals surface area contributed by atoms with Crippen LogP contribution < -0.4 is 14.8 Å². The fourth-order valence-electron chi connectivity index (χ4n) is 2.62. The zero-order chi connectivity index (χ0) is 19.9. The lowest BCUT2D eigenvalue weighted by Crippen LogP contribution is -2.15. The summed E-state index contributed by atoms with van der Waals surface area (Å²) in [6.07, 6.45) is 0.915. The highest BCUT2D eigenvalue weighted by atomic mass is 16.5. The molecule has 146 valence electrons. The van der Waals surface area contributed by atoms with Crippen molar-refractivity contribution >= 4 is 22.8 Å².